The van der Waals surface area contributed by atoms with Crippen LogP contribution < -0.4 is 4.90 Å². The molecule has 10 aromatic carbocycles. The minimum absolute atomic E-state index is 0.863. The highest BCUT2D eigenvalue weighted by atomic mass is 16.3. The number of hydrogen-bond acceptors (Lipinski definition) is 3. The Morgan fingerprint density at radius 3 is 1.48 bits per heavy atom. The van der Waals surface area contributed by atoms with E-state index in [0.717, 1.165) is 88.8 Å². The van der Waals surface area contributed by atoms with Crippen molar-refractivity contribution in [2.24, 2.45) is 0 Å². The lowest BCUT2D eigenvalue weighted by atomic mass is 9.87. The summed E-state index contributed by atoms with van der Waals surface area (Å²) >= 11 is 0. The first-order chi connectivity index (χ1) is 31.2. The number of para-hydroxylation sites is 3. The quantitative estimate of drug-likeness (QED) is 0.153. The van der Waals surface area contributed by atoms with Crippen LogP contribution in [0.15, 0.2) is 245 Å². The van der Waals surface area contributed by atoms with Gasteiger partial charge in [-0.25, -0.2) is 0 Å². The molecule has 12 aromatic rings. The molecule has 0 aliphatic rings. The van der Waals surface area contributed by atoms with Gasteiger partial charge in [0.15, 0.2) is 0 Å². The number of hydrogen-bond donors (Lipinski definition) is 0. The zero-order valence-electron chi connectivity index (χ0n) is 34.3. The Labute approximate surface area is 365 Å². The lowest BCUT2D eigenvalue weighted by Crippen LogP contribution is -2.11. The Balaban J connectivity index is 1.04. The zero-order chi connectivity index (χ0) is 41.7. The molecule has 3 heteroatoms. The smallest absolute Gasteiger partial charge is 0.136 e. The van der Waals surface area contributed by atoms with Crippen molar-refractivity contribution in [3.63, 3.8) is 0 Å². The first-order valence-corrected chi connectivity index (χ1v) is 21.4. The molecule has 0 fully saturated rings. The standard InChI is InChI=1S/C60H39NO2/c1-3-15-40(16-4-1)43-29-34-47(42-17-5-2-6-18-42)54(37-43)49-20-8-7-19-48(49)50-21-9-12-24-56(50)61(46-33-36-59-55(39-46)52-23-11-14-26-58(52)62-59)45-31-27-41(28-32-45)44-30-35-53-51-22-10-13-25-57(51)63-60(53)38-44/h1-39H. The summed E-state index contributed by atoms with van der Waals surface area (Å²) in [7, 11) is 0. The van der Waals surface area contributed by atoms with Crippen molar-refractivity contribution in [3.8, 4) is 55.6 Å². The van der Waals surface area contributed by atoms with Gasteiger partial charge in [0.2, 0.25) is 0 Å². The fourth-order valence-corrected chi connectivity index (χ4v) is 9.28. The number of fused-ring (bicyclic) bond motifs is 6. The van der Waals surface area contributed by atoms with Gasteiger partial charge in [-0.3, -0.25) is 0 Å². The average Bonchev–Trinajstić information content (AvgIpc) is 3.93. The van der Waals surface area contributed by atoms with Crippen molar-refractivity contribution in [2.45, 2.75) is 0 Å². The second-order valence-electron chi connectivity index (χ2n) is 16.0. The molecule has 2 heterocycles. The highest BCUT2D eigenvalue weighted by Crippen LogP contribution is 2.47. The summed E-state index contributed by atoms with van der Waals surface area (Å²) in [6.07, 6.45) is 0. The number of furan rings is 2. The predicted molar refractivity (Wildman–Crippen MR) is 263 cm³/mol. The fraction of sp³-hybridized carbons (Fsp3) is 0. The Morgan fingerprint density at radius 1 is 0.238 bits per heavy atom. The Hall–Kier alpha value is -8.40. The average molecular weight is 806 g/mol. The molecular weight excluding hydrogens is 767 g/mol. The third-order valence-electron chi connectivity index (χ3n) is 12.3. The number of rotatable bonds is 8. The second-order valence-corrected chi connectivity index (χ2v) is 16.0. The summed E-state index contributed by atoms with van der Waals surface area (Å²) in [4.78, 5) is 2.39. The SMILES string of the molecule is c1ccc(-c2ccc(-c3ccccc3)c(-c3ccccc3-c3ccccc3N(c3ccc(-c4ccc5c(c4)oc4ccccc45)cc3)c3ccc4oc5ccccc5c4c3)c2)cc1. The van der Waals surface area contributed by atoms with E-state index >= 15 is 0 Å². The van der Waals surface area contributed by atoms with Gasteiger partial charge < -0.3 is 13.7 Å². The summed E-state index contributed by atoms with van der Waals surface area (Å²) in [6.45, 7) is 0. The van der Waals surface area contributed by atoms with Crippen LogP contribution in [0.3, 0.4) is 0 Å². The van der Waals surface area contributed by atoms with Gasteiger partial charge in [0, 0.05) is 38.5 Å². The molecule has 2 aromatic heterocycles. The summed E-state index contributed by atoms with van der Waals surface area (Å²) in [5, 5.41) is 4.43. The molecule has 296 valence electrons. The lowest BCUT2D eigenvalue weighted by Gasteiger charge is -2.29. The molecular formula is C60H39NO2. The second kappa shape index (κ2) is 15.3. The van der Waals surface area contributed by atoms with Crippen LogP contribution in [-0.2, 0) is 0 Å². The molecule has 0 aliphatic carbocycles. The first kappa shape index (κ1) is 36.5. The molecule has 0 bridgehead atoms. The van der Waals surface area contributed by atoms with Crippen molar-refractivity contribution < 1.29 is 8.83 Å². The molecule has 0 spiro atoms. The van der Waals surface area contributed by atoms with Crippen LogP contribution in [0.25, 0.3) is 99.5 Å². The topological polar surface area (TPSA) is 29.5 Å². The molecule has 12 rings (SSSR count). The molecule has 0 atom stereocenters. The van der Waals surface area contributed by atoms with Gasteiger partial charge in [-0.1, -0.05) is 170 Å². The molecule has 0 radical (unpaired) electrons. The van der Waals surface area contributed by atoms with Crippen LogP contribution in [0.2, 0.25) is 0 Å². The normalized spacial score (nSPS) is 11.5. The molecule has 0 saturated carbocycles. The third-order valence-corrected chi connectivity index (χ3v) is 12.3. The molecule has 0 unspecified atom stereocenters. The van der Waals surface area contributed by atoms with Gasteiger partial charge >= 0.3 is 0 Å². The summed E-state index contributed by atoms with van der Waals surface area (Å²) in [5.74, 6) is 0. The van der Waals surface area contributed by atoms with E-state index < -0.39 is 0 Å². The van der Waals surface area contributed by atoms with E-state index in [0.29, 0.717) is 0 Å². The van der Waals surface area contributed by atoms with Crippen molar-refractivity contribution in [1.29, 1.82) is 0 Å². The first-order valence-electron chi connectivity index (χ1n) is 21.4. The molecule has 0 N–H and O–H groups in total. The van der Waals surface area contributed by atoms with E-state index in [-0.39, 0.29) is 0 Å². The van der Waals surface area contributed by atoms with Crippen LogP contribution >= 0.6 is 0 Å². The van der Waals surface area contributed by atoms with Gasteiger partial charge in [0.05, 0.1) is 5.69 Å². The summed E-state index contributed by atoms with van der Waals surface area (Å²) in [6, 6.07) is 84.3. The molecule has 3 nitrogen and oxygen atoms in total. The number of nitrogens with zero attached hydrogens (tertiary/aromatic N) is 1. The maximum Gasteiger partial charge on any atom is 0.136 e. The van der Waals surface area contributed by atoms with Gasteiger partial charge in [-0.2, -0.15) is 0 Å². The molecule has 63 heavy (non-hydrogen) atoms. The molecule has 0 saturated heterocycles. The van der Waals surface area contributed by atoms with Crippen LogP contribution in [0.5, 0.6) is 0 Å². The van der Waals surface area contributed by atoms with Gasteiger partial charge in [0.25, 0.3) is 0 Å². The van der Waals surface area contributed by atoms with E-state index in [1.807, 2.05) is 24.3 Å². The predicted octanol–water partition coefficient (Wildman–Crippen LogP) is 17.3. The monoisotopic (exact) mass is 805 g/mol. The summed E-state index contributed by atoms with van der Waals surface area (Å²) < 4.78 is 12.6. The van der Waals surface area contributed by atoms with E-state index in [4.69, 9.17) is 8.83 Å². The fourth-order valence-electron chi connectivity index (χ4n) is 9.28. The van der Waals surface area contributed by atoms with Crippen LogP contribution in [-0.4, -0.2) is 0 Å². The van der Waals surface area contributed by atoms with Crippen molar-refractivity contribution in [2.75, 3.05) is 4.90 Å². The van der Waals surface area contributed by atoms with E-state index in [9.17, 15) is 0 Å². The molecule has 0 aliphatic heterocycles. The Bertz CT molecular complexity index is 3620. The van der Waals surface area contributed by atoms with Crippen molar-refractivity contribution in [1.82, 2.24) is 0 Å². The van der Waals surface area contributed by atoms with E-state index in [1.54, 1.807) is 0 Å². The van der Waals surface area contributed by atoms with Crippen molar-refractivity contribution in [3.05, 3.63) is 237 Å². The van der Waals surface area contributed by atoms with Crippen LogP contribution in [0.1, 0.15) is 0 Å². The van der Waals surface area contributed by atoms with E-state index in [2.05, 4.69) is 217 Å². The minimum atomic E-state index is 0.863. The Kier molecular flexibility index (Phi) is 8.83. The molecule has 0 amide bonds. The van der Waals surface area contributed by atoms with Crippen molar-refractivity contribution >= 4 is 60.9 Å². The highest BCUT2D eigenvalue weighted by molar-refractivity contribution is 6.08. The van der Waals surface area contributed by atoms with Crippen LogP contribution in [0.4, 0.5) is 17.1 Å². The van der Waals surface area contributed by atoms with E-state index in [1.165, 1.54) is 27.8 Å². The minimum Gasteiger partial charge on any atom is -0.456 e. The third kappa shape index (κ3) is 6.46. The summed E-state index contributed by atoms with van der Waals surface area (Å²) in [5.41, 5.74) is 18.2. The number of benzene rings is 10. The van der Waals surface area contributed by atoms with Gasteiger partial charge in [-0.05, 0) is 117 Å². The van der Waals surface area contributed by atoms with Gasteiger partial charge in [0.1, 0.15) is 22.3 Å². The maximum absolute atomic E-state index is 6.33. The lowest BCUT2D eigenvalue weighted by molar-refractivity contribution is 0.668. The number of anilines is 3. The largest absolute Gasteiger partial charge is 0.456 e. The maximum atomic E-state index is 6.33. The Morgan fingerprint density at radius 2 is 0.730 bits per heavy atom. The van der Waals surface area contributed by atoms with Crippen LogP contribution in [0, 0.1) is 0 Å². The highest BCUT2D eigenvalue weighted by Gasteiger charge is 2.22. The van der Waals surface area contributed by atoms with Gasteiger partial charge in [-0.15, -0.1) is 0 Å². The zero-order valence-corrected chi connectivity index (χ0v) is 34.3.